The summed E-state index contributed by atoms with van der Waals surface area (Å²) in [5, 5.41) is 1.09. The van der Waals surface area contributed by atoms with Crippen LogP contribution in [0.5, 0.6) is 0 Å². The van der Waals surface area contributed by atoms with Crippen LogP contribution in [-0.4, -0.2) is 31.0 Å². The SMILES string of the molecule is COCCSc1ncc(CCN)cc1C. The molecule has 0 radical (unpaired) electrons. The van der Waals surface area contributed by atoms with Gasteiger partial charge in [0.05, 0.1) is 11.6 Å². The molecule has 0 aliphatic carbocycles. The van der Waals surface area contributed by atoms with Crippen molar-refractivity contribution in [3.8, 4) is 0 Å². The lowest BCUT2D eigenvalue weighted by atomic mass is 10.2. The van der Waals surface area contributed by atoms with E-state index in [1.54, 1.807) is 18.9 Å². The van der Waals surface area contributed by atoms with E-state index in [1.165, 1.54) is 11.1 Å². The Balaban J connectivity index is 2.58. The molecule has 0 saturated carbocycles. The Hall–Kier alpha value is -0.580. The number of aryl methyl sites for hydroxylation is 1. The fourth-order valence-corrected chi connectivity index (χ4v) is 2.15. The molecule has 1 aromatic rings. The summed E-state index contributed by atoms with van der Waals surface area (Å²) in [5.41, 5.74) is 7.94. The van der Waals surface area contributed by atoms with Crippen molar-refractivity contribution >= 4 is 11.8 Å². The van der Waals surface area contributed by atoms with Crippen LogP contribution in [0.1, 0.15) is 11.1 Å². The molecule has 0 saturated heterocycles. The Kier molecular flexibility index (Phi) is 5.68. The van der Waals surface area contributed by atoms with E-state index >= 15 is 0 Å². The monoisotopic (exact) mass is 226 g/mol. The van der Waals surface area contributed by atoms with Gasteiger partial charge in [0.1, 0.15) is 0 Å². The van der Waals surface area contributed by atoms with Gasteiger partial charge in [-0.3, -0.25) is 0 Å². The van der Waals surface area contributed by atoms with Crippen molar-refractivity contribution < 1.29 is 4.74 Å². The van der Waals surface area contributed by atoms with E-state index in [4.69, 9.17) is 10.5 Å². The summed E-state index contributed by atoms with van der Waals surface area (Å²) in [6, 6.07) is 2.16. The summed E-state index contributed by atoms with van der Waals surface area (Å²) >= 11 is 1.73. The van der Waals surface area contributed by atoms with Crippen molar-refractivity contribution in [3.05, 3.63) is 23.4 Å². The number of hydrogen-bond acceptors (Lipinski definition) is 4. The Morgan fingerprint density at radius 1 is 1.53 bits per heavy atom. The Labute approximate surface area is 95.4 Å². The maximum atomic E-state index is 5.50. The molecular weight excluding hydrogens is 208 g/mol. The molecule has 0 spiro atoms. The molecular formula is C11H18N2OS. The van der Waals surface area contributed by atoms with Gasteiger partial charge in [-0.15, -0.1) is 11.8 Å². The number of aromatic nitrogens is 1. The van der Waals surface area contributed by atoms with Crippen LogP contribution in [-0.2, 0) is 11.2 Å². The molecule has 0 aliphatic heterocycles. The van der Waals surface area contributed by atoms with Gasteiger partial charge in [0.2, 0.25) is 0 Å². The first kappa shape index (κ1) is 12.5. The van der Waals surface area contributed by atoms with Crippen molar-refractivity contribution in [2.45, 2.75) is 18.4 Å². The molecule has 0 fully saturated rings. The van der Waals surface area contributed by atoms with Crippen LogP contribution >= 0.6 is 11.8 Å². The van der Waals surface area contributed by atoms with Crippen molar-refractivity contribution in [2.24, 2.45) is 5.73 Å². The molecule has 1 aromatic heterocycles. The van der Waals surface area contributed by atoms with Crippen LogP contribution in [0.15, 0.2) is 17.3 Å². The predicted molar refractivity (Wildman–Crippen MR) is 64.3 cm³/mol. The molecule has 0 unspecified atom stereocenters. The topological polar surface area (TPSA) is 48.1 Å². The minimum Gasteiger partial charge on any atom is -0.384 e. The molecule has 4 heteroatoms. The lowest BCUT2D eigenvalue weighted by Crippen LogP contribution is -2.03. The van der Waals surface area contributed by atoms with E-state index in [9.17, 15) is 0 Å². The molecule has 0 atom stereocenters. The number of thioether (sulfide) groups is 1. The second-order valence-electron chi connectivity index (χ2n) is 3.35. The molecule has 0 aliphatic rings. The Morgan fingerprint density at radius 3 is 2.93 bits per heavy atom. The average Bonchev–Trinajstić information content (AvgIpc) is 2.22. The van der Waals surface area contributed by atoms with Gasteiger partial charge in [-0.05, 0) is 31.0 Å². The van der Waals surface area contributed by atoms with Crippen LogP contribution in [0.4, 0.5) is 0 Å². The maximum absolute atomic E-state index is 5.50. The number of methoxy groups -OCH3 is 1. The van der Waals surface area contributed by atoms with E-state index in [2.05, 4.69) is 18.0 Å². The minimum absolute atomic E-state index is 0.678. The van der Waals surface area contributed by atoms with Crippen LogP contribution in [0, 0.1) is 6.92 Å². The molecule has 0 amide bonds. The number of ether oxygens (including phenoxy) is 1. The number of pyridine rings is 1. The van der Waals surface area contributed by atoms with Gasteiger partial charge >= 0.3 is 0 Å². The third kappa shape index (κ3) is 4.20. The molecule has 1 rings (SSSR count). The quantitative estimate of drug-likeness (QED) is 0.591. The summed E-state index contributed by atoms with van der Waals surface area (Å²) in [4.78, 5) is 4.42. The first-order valence-electron chi connectivity index (χ1n) is 5.05. The summed E-state index contributed by atoms with van der Waals surface area (Å²) in [7, 11) is 1.71. The number of hydrogen-bond donors (Lipinski definition) is 1. The standard InChI is InChI=1S/C11H18N2OS/c1-9-7-10(3-4-12)8-13-11(9)15-6-5-14-2/h7-8H,3-6,12H2,1-2H3. The van der Waals surface area contributed by atoms with E-state index in [-0.39, 0.29) is 0 Å². The van der Waals surface area contributed by atoms with Crippen molar-refractivity contribution in [1.29, 1.82) is 0 Å². The maximum Gasteiger partial charge on any atom is 0.0990 e. The second-order valence-corrected chi connectivity index (χ2v) is 4.43. The molecule has 3 nitrogen and oxygen atoms in total. The van der Waals surface area contributed by atoms with Gasteiger partial charge in [0.15, 0.2) is 0 Å². The molecule has 0 aromatic carbocycles. The fraction of sp³-hybridized carbons (Fsp3) is 0.545. The first-order valence-corrected chi connectivity index (χ1v) is 6.03. The highest BCUT2D eigenvalue weighted by molar-refractivity contribution is 7.99. The normalized spacial score (nSPS) is 10.6. The Bertz CT molecular complexity index is 305. The first-order chi connectivity index (χ1) is 7.27. The van der Waals surface area contributed by atoms with E-state index in [0.717, 1.165) is 23.8 Å². The summed E-state index contributed by atoms with van der Waals surface area (Å²) < 4.78 is 5.00. The molecule has 84 valence electrons. The highest BCUT2D eigenvalue weighted by Gasteiger charge is 2.02. The molecule has 2 N–H and O–H groups in total. The van der Waals surface area contributed by atoms with Gasteiger partial charge in [0, 0.05) is 19.1 Å². The van der Waals surface area contributed by atoms with Gasteiger partial charge in [0.25, 0.3) is 0 Å². The van der Waals surface area contributed by atoms with E-state index in [1.807, 2.05) is 6.20 Å². The lowest BCUT2D eigenvalue weighted by molar-refractivity contribution is 0.218. The van der Waals surface area contributed by atoms with Gasteiger partial charge in [-0.2, -0.15) is 0 Å². The fourth-order valence-electron chi connectivity index (χ4n) is 1.30. The molecule has 15 heavy (non-hydrogen) atoms. The predicted octanol–water partition coefficient (Wildman–Crippen LogP) is 1.63. The largest absolute Gasteiger partial charge is 0.384 e. The number of nitrogens with two attached hydrogens (primary N) is 1. The zero-order valence-corrected chi connectivity index (χ0v) is 10.1. The minimum atomic E-state index is 0.678. The summed E-state index contributed by atoms with van der Waals surface area (Å²) in [6.07, 6.45) is 2.81. The molecule has 1 heterocycles. The van der Waals surface area contributed by atoms with Crippen molar-refractivity contribution in [3.63, 3.8) is 0 Å². The second kappa shape index (κ2) is 6.82. The van der Waals surface area contributed by atoms with Crippen molar-refractivity contribution in [1.82, 2.24) is 4.98 Å². The highest BCUT2D eigenvalue weighted by Crippen LogP contribution is 2.20. The van der Waals surface area contributed by atoms with Gasteiger partial charge < -0.3 is 10.5 Å². The van der Waals surface area contributed by atoms with Crippen molar-refractivity contribution in [2.75, 3.05) is 26.0 Å². The van der Waals surface area contributed by atoms with Crippen LogP contribution < -0.4 is 5.73 Å². The number of nitrogens with zero attached hydrogens (tertiary/aromatic N) is 1. The number of rotatable bonds is 6. The van der Waals surface area contributed by atoms with E-state index in [0.29, 0.717) is 6.54 Å². The van der Waals surface area contributed by atoms with Gasteiger partial charge in [-0.1, -0.05) is 6.07 Å². The van der Waals surface area contributed by atoms with Crippen LogP contribution in [0.2, 0.25) is 0 Å². The van der Waals surface area contributed by atoms with Gasteiger partial charge in [-0.25, -0.2) is 4.98 Å². The third-order valence-electron chi connectivity index (χ3n) is 2.05. The van der Waals surface area contributed by atoms with Crippen LogP contribution in [0.3, 0.4) is 0 Å². The van der Waals surface area contributed by atoms with Crippen LogP contribution in [0.25, 0.3) is 0 Å². The summed E-state index contributed by atoms with van der Waals surface area (Å²) in [5.74, 6) is 0.945. The smallest absolute Gasteiger partial charge is 0.0990 e. The third-order valence-corrected chi connectivity index (χ3v) is 3.12. The summed E-state index contributed by atoms with van der Waals surface area (Å²) in [6.45, 7) is 3.52. The lowest BCUT2D eigenvalue weighted by Gasteiger charge is -2.06. The highest BCUT2D eigenvalue weighted by atomic mass is 32.2. The zero-order chi connectivity index (χ0) is 11.1. The van der Waals surface area contributed by atoms with E-state index < -0.39 is 0 Å². The average molecular weight is 226 g/mol. The zero-order valence-electron chi connectivity index (χ0n) is 9.32. The molecule has 0 bridgehead atoms. The Morgan fingerprint density at radius 2 is 2.33 bits per heavy atom.